The lowest BCUT2D eigenvalue weighted by atomic mass is 10.1. The lowest BCUT2D eigenvalue weighted by Gasteiger charge is -2.15. The number of aliphatic hydroxyl groups is 2. The molecule has 1 aliphatic rings. The molecular weight excluding hydrogens is 321 g/mol. The summed E-state index contributed by atoms with van der Waals surface area (Å²) in [7, 11) is -4.23. The number of hydrogen-bond donors (Lipinski definition) is 6. The van der Waals surface area contributed by atoms with Crippen molar-refractivity contribution in [2.75, 3.05) is 12.8 Å². The van der Waals surface area contributed by atoms with Crippen LogP contribution in [0.25, 0.3) is 0 Å². The molecule has 0 spiro atoms. The molecule has 0 unspecified atom stereocenters. The van der Waals surface area contributed by atoms with Gasteiger partial charge in [-0.1, -0.05) is 0 Å². The van der Waals surface area contributed by atoms with E-state index in [-0.39, 0.29) is 12.4 Å². The largest absolute Gasteiger partial charge is 0.387 e. The van der Waals surface area contributed by atoms with E-state index in [1.165, 1.54) is 0 Å². The van der Waals surface area contributed by atoms with Crippen molar-refractivity contribution in [2.45, 2.75) is 24.5 Å². The second kappa shape index (κ2) is 6.38. The first kappa shape index (κ1) is 17.0. The third-order valence-corrected chi connectivity index (χ3v) is 3.63. The van der Waals surface area contributed by atoms with Crippen LogP contribution in [-0.4, -0.2) is 71.8 Å². The van der Waals surface area contributed by atoms with Gasteiger partial charge in [-0.2, -0.15) is 0 Å². The van der Waals surface area contributed by atoms with E-state index in [0.717, 1.165) is 11.0 Å². The van der Waals surface area contributed by atoms with Crippen LogP contribution in [0.2, 0.25) is 0 Å². The van der Waals surface area contributed by atoms with Crippen LogP contribution in [0.15, 0.2) is 6.33 Å². The van der Waals surface area contributed by atoms with E-state index in [9.17, 15) is 19.6 Å². The van der Waals surface area contributed by atoms with Gasteiger partial charge >= 0.3 is 7.60 Å². The molecular formula is C9H16N5O7P. The first-order valence-electron chi connectivity index (χ1n) is 6.17. The summed E-state index contributed by atoms with van der Waals surface area (Å²) < 4.78 is 17.1. The van der Waals surface area contributed by atoms with E-state index in [2.05, 4.69) is 15.4 Å². The van der Waals surface area contributed by atoms with Crippen molar-refractivity contribution in [3.63, 3.8) is 0 Å². The van der Waals surface area contributed by atoms with Gasteiger partial charge in [0.25, 0.3) is 5.91 Å². The number of aliphatic hydroxyl groups excluding tert-OH is 2. The summed E-state index contributed by atoms with van der Waals surface area (Å²) in [6.07, 6.45) is -4.16. The lowest BCUT2D eigenvalue weighted by Crippen LogP contribution is -2.38. The smallest absolute Gasteiger partial charge is 0.339 e. The molecule has 4 atom stereocenters. The molecule has 1 aromatic heterocycles. The number of nitrogens with zero attached hydrogens (tertiary/aromatic N) is 3. The van der Waals surface area contributed by atoms with Gasteiger partial charge < -0.3 is 35.8 Å². The molecule has 1 aliphatic heterocycles. The zero-order valence-electron chi connectivity index (χ0n) is 11.2. The Bertz CT molecular complexity index is 589. The molecule has 7 N–H and O–H groups in total. The van der Waals surface area contributed by atoms with E-state index in [1.54, 1.807) is 0 Å². The maximum absolute atomic E-state index is 10.9. The van der Waals surface area contributed by atoms with Gasteiger partial charge in [-0.05, 0) is 0 Å². The fourth-order valence-corrected chi connectivity index (χ4v) is 2.40. The van der Waals surface area contributed by atoms with Crippen molar-refractivity contribution < 1.29 is 34.1 Å². The Morgan fingerprint density at radius 1 is 1.45 bits per heavy atom. The second-order valence-corrected chi connectivity index (χ2v) is 6.38. The number of carbonyl (C=O) groups is 1. The van der Waals surface area contributed by atoms with Crippen molar-refractivity contribution in [3.8, 4) is 0 Å². The lowest BCUT2D eigenvalue weighted by molar-refractivity contribution is -0.0436. The minimum atomic E-state index is -4.23. The van der Waals surface area contributed by atoms with Crippen molar-refractivity contribution >= 4 is 13.5 Å². The topological polar surface area (TPSA) is 193 Å². The van der Waals surface area contributed by atoms with Crippen LogP contribution < -0.4 is 11.1 Å². The maximum Gasteiger partial charge on any atom is 0.339 e. The minimum Gasteiger partial charge on any atom is -0.387 e. The zero-order chi connectivity index (χ0) is 16.5. The monoisotopic (exact) mass is 337 g/mol. The first-order chi connectivity index (χ1) is 10.2. The van der Waals surface area contributed by atoms with Gasteiger partial charge in [0.1, 0.15) is 24.6 Å². The number of rotatable bonds is 6. The number of carbonyl (C=O) groups excluding carboxylic acids is 1. The summed E-state index contributed by atoms with van der Waals surface area (Å²) in [6.45, 7) is -0.1000. The molecule has 0 radical (unpaired) electrons. The van der Waals surface area contributed by atoms with Gasteiger partial charge in [-0.3, -0.25) is 9.36 Å². The highest BCUT2D eigenvalue weighted by Crippen LogP contribution is 2.33. The molecule has 1 saturated heterocycles. The molecule has 0 bridgehead atoms. The highest BCUT2D eigenvalue weighted by molar-refractivity contribution is 7.51. The van der Waals surface area contributed by atoms with Crippen LogP contribution in [0.1, 0.15) is 16.8 Å². The van der Waals surface area contributed by atoms with E-state index in [0.29, 0.717) is 0 Å². The Kier molecular flexibility index (Phi) is 4.92. The summed E-state index contributed by atoms with van der Waals surface area (Å²) >= 11 is 0. The molecule has 124 valence electrons. The molecule has 1 aromatic rings. The van der Waals surface area contributed by atoms with Crippen molar-refractivity contribution in [1.82, 2.24) is 20.1 Å². The van der Waals surface area contributed by atoms with Crippen LogP contribution in [0.3, 0.4) is 0 Å². The third kappa shape index (κ3) is 3.87. The number of amides is 1. The van der Waals surface area contributed by atoms with Crippen LogP contribution in [-0.2, 0) is 9.30 Å². The van der Waals surface area contributed by atoms with E-state index >= 15 is 0 Å². The molecule has 12 nitrogen and oxygen atoms in total. The van der Waals surface area contributed by atoms with Gasteiger partial charge in [-0.15, -0.1) is 5.10 Å². The van der Waals surface area contributed by atoms with Gasteiger partial charge in [0.2, 0.25) is 5.82 Å². The number of hydrogen-bond acceptors (Lipinski definition) is 8. The first-order valence-corrected chi connectivity index (χ1v) is 7.96. The average Bonchev–Trinajstić information content (AvgIpc) is 2.98. The Morgan fingerprint density at radius 3 is 2.68 bits per heavy atom. The van der Waals surface area contributed by atoms with Crippen LogP contribution >= 0.6 is 7.60 Å². The zero-order valence-corrected chi connectivity index (χ0v) is 12.1. The van der Waals surface area contributed by atoms with Crippen molar-refractivity contribution in [3.05, 3.63) is 12.2 Å². The number of aromatic nitrogens is 3. The number of nitrogens with one attached hydrogen (secondary N) is 1. The van der Waals surface area contributed by atoms with Gasteiger partial charge in [0, 0.05) is 6.54 Å². The quantitative estimate of drug-likeness (QED) is 0.287. The highest BCUT2D eigenvalue weighted by atomic mass is 31.2. The fourth-order valence-electron chi connectivity index (χ4n) is 1.98. The van der Waals surface area contributed by atoms with Crippen LogP contribution in [0.5, 0.6) is 0 Å². The van der Waals surface area contributed by atoms with E-state index < -0.39 is 44.3 Å². The van der Waals surface area contributed by atoms with Crippen molar-refractivity contribution in [1.29, 1.82) is 0 Å². The molecule has 2 heterocycles. The second-order valence-electron chi connectivity index (χ2n) is 4.74. The van der Waals surface area contributed by atoms with Crippen LogP contribution in [0.4, 0.5) is 0 Å². The summed E-state index contributed by atoms with van der Waals surface area (Å²) in [5, 5.41) is 26.0. The number of nitrogens with two attached hydrogens (primary N) is 1. The molecule has 2 rings (SSSR count). The Labute approximate surface area is 124 Å². The molecule has 0 aromatic carbocycles. The van der Waals surface area contributed by atoms with E-state index in [1.807, 2.05) is 0 Å². The number of primary amides is 1. The Balaban J connectivity index is 2.00. The SMILES string of the molecule is NC(=O)c1ncn([C@@H]2O[C@H](CNCP(=O)(O)O)[C@@H](O)[C@H]2O)n1. The van der Waals surface area contributed by atoms with Gasteiger partial charge in [0.05, 0.1) is 6.29 Å². The molecule has 1 amide bonds. The third-order valence-electron chi connectivity index (χ3n) is 2.99. The highest BCUT2D eigenvalue weighted by Gasteiger charge is 2.44. The number of ether oxygens (including phenoxy) is 1. The predicted molar refractivity (Wildman–Crippen MR) is 69.4 cm³/mol. The fraction of sp³-hybridized carbons (Fsp3) is 0.667. The summed E-state index contributed by atoms with van der Waals surface area (Å²) in [6, 6.07) is 0. The molecule has 1 fully saturated rings. The Hall–Kier alpha value is -1.40. The van der Waals surface area contributed by atoms with Gasteiger partial charge in [-0.25, -0.2) is 9.67 Å². The molecule has 22 heavy (non-hydrogen) atoms. The minimum absolute atomic E-state index is 0.1000. The normalized spacial score (nSPS) is 28.9. The van der Waals surface area contributed by atoms with E-state index in [4.69, 9.17) is 20.3 Å². The average molecular weight is 337 g/mol. The van der Waals surface area contributed by atoms with Crippen LogP contribution in [0, 0.1) is 0 Å². The van der Waals surface area contributed by atoms with Gasteiger partial charge in [0.15, 0.2) is 6.23 Å². The predicted octanol–water partition coefficient (Wildman–Crippen LogP) is -3.28. The molecule has 0 aliphatic carbocycles. The summed E-state index contributed by atoms with van der Waals surface area (Å²) in [5.74, 6) is -1.12. The maximum atomic E-state index is 10.9. The Morgan fingerprint density at radius 2 is 2.14 bits per heavy atom. The molecule has 13 heteroatoms. The summed E-state index contributed by atoms with van der Waals surface area (Å²) in [5.41, 5.74) is 5.01. The molecule has 0 saturated carbocycles. The van der Waals surface area contributed by atoms with Crippen molar-refractivity contribution in [2.24, 2.45) is 5.73 Å². The standard InChI is InChI=1S/C9H16N5O7P/c10-7(17)8-12-2-14(13-8)9-6(16)5(15)4(21-9)1-11-3-22(18,19)20/h2,4-6,9,11,15-16H,1,3H2,(H2,10,17)(H2,18,19,20)/t4-,5-,6-,9-/m1/s1. The summed E-state index contributed by atoms with van der Waals surface area (Å²) in [4.78, 5) is 32.0.